The summed E-state index contributed by atoms with van der Waals surface area (Å²) in [4.78, 5) is 13.9. The van der Waals surface area contributed by atoms with Gasteiger partial charge in [0.2, 0.25) is 0 Å². The van der Waals surface area contributed by atoms with Gasteiger partial charge in [-0.3, -0.25) is 4.68 Å². The van der Waals surface area contributed by atoms with Gasteiger partial charge >= 0.3 is 5.97 Å². The predicted molar refractivity (Wildman–Crippen MR) is 98.3 cm³/mol. The molecular formula is C19H17N3O3S. The summed E-state index contributed by atoms with van der Waals surface area (Å²) in [6.45, 7) is 4.51. The zero-order chi connectivity index (χ0) is 18.1. The van der Waals surface area contributed by atoms with Crippen LogP contribution in [-0.2, 0) is 17.9 Å². The number of esters is 1. The smallest absolute Gasteiger partial charge is 0.348 e. The first-order chi connectivity index (χ1) is 12.6. The Labute approximate surface area is 154 Å². The summed E-state index contributed by atoms with van der Waals surface area (Å²) in [5, 5.41) is 9.40. The van der Waals surface area contributed by atoms with Gasteiger partial charge in [-0.1, -0.05) is 35.5 Å². The molecule has 26 heavy (non-hydrogen) atoms. The van der Waals surface area contributed by atoms with Crippen LogP contribution in [0.5, 0.6) is 0 Å². The lowest BCUT2D eigenvalue weighted by atomic mass is 10.2. The van der Waals surface area contributed by atoms with Crippen molar-refractivity contribution in [2.45, 2.75) is 27.0 Å². The third kappa shape index (κ3) is 3.25. The molecule has 0 N–H and O–H groups in total. The number of thiophene rings is 1. The Kier molecular flexibility index (Phi) is 4.30. The van der Waals surface area contributed by atoms with Crippen LogP contribution in [0.25, 0.3) is 10.2 Å². The Morgan fingerprint density at radius 1 is 1.23 bits per heavy atom. The number of carbonyl (C=O) groups excluding carboxylic acids is 1. The molecular weight excluding hydrogens is 350 g/mol. The molecule has 0 saturated carbocycles. The average Bonchev–Trinajstić information content (AvgIpc) is 3.32. The molecule has 0 radical (unpaired) electrons. The van der Waals surface area contributed by atoms with E-state index in [1.165, 1.54) is 11.3 Å². The first-order valence-corrected chi connectivity index (χ1v) is 9.02. The molecule has 4 rings (SSSR count). The fourth-order valence-electron chi connectivity index (χ4n) is 2.77. The Balaban J connectivity index is 1.55. The number of ether oxygens (including phenoxy) is 1. The minimum atomic E-state index is -0.363. The topological polar surface area (TPSA) is 70.2 Å². The number of carbonyl (C=O) groups is 1. The second kappa shape index (κ2) is 6.76. The molecule has 132 valence electrons. The van der Waals surface area contributed by atoms with E-state index in [1.54, 1.807) is 13.0 Å². The van der Waals surface area contributed by atoms with E-state index in [-0.39, 0.29) is 12.6 Å². The summed E-state index contributed by atoms with van der Waals surface area (Å²) >= 11 is 1.39. The van der Waals surface area contributed by atoms with E-state index in [9.17, 15) is 4.79 Å². The van der Waals surface area contributed by atoms with Crippen LogP contribution in [0.1, 0.15) is 32.4 Å². The summed E-state index contributed by atoms with van der Waals surface area (Å²) in [5.41, 5.74) is 2.66. The SMILES string of the molecule is Cc1cc(COC(=O)c2cc3c(C)nn(Cc4ccccc4)c3s2)no1. The van der Waals surface area contributed by atoms with Crippen LogP contribution < -0.4 is 0 Å². The van der Waals surface area contributed by atoms with Gasteiger partial charge in [0.1, 0.15) is 27.8 Å². The van der Waals surface area contributed by atoms with Gasteiger partial charge in [0.15, 0.2) is 0 Å². The summed E-state index contributed by atoms with van der Waals surface area (Å²) in [6, 6.07) is 13.7. The third-order valence-electron chi connectivity index (χ3n) is 4.01. The van der Waals surface area contributed by atoms with Crippen molar-refractivity contribution in [3.63, 3.8) is 0 Å². The van der Waals surface area contributed by atoms with Crippen LogP contribution in [0, 0.1) is 13.8 Å². The Hall–Kier alpha value is -2.93. The van der Waals surface area contributed by atoms with Gasteiger partial charge in [-0.2, -0.15) is 5.10 Å². The molecule has 7 heteroatoms. The standard InChI is InChI=1S/C19H17N3O3S/c1-12-8-15(21-25-12)11-24-19(23)17-9-16-13(2)20-22(18(16)26-17)10-14-6-4-3-5-7-14/h3-9H,10-11H2,1-2H3. The quantitative estimate of drug-likeness (QED) is 0.497. The molecule has 0 aliphatic carbocycles. The molecule has 0 aliphatic rings. The number of hydrogen-bond acceptors (Lipinski definition) is 6. The molecule has 0 saturated heterocycles. The van der Waals surface area contributed by atoms with Gasteiger partial charge in [-0.25, -0.2) is 4.79 Å². The van der Waals surface area contributed by atoms with Crippen molar-refractivity contribution in [2.24, 2.45) is 0 Å². The first kappa shape index (κ1) is 16.5. The van der Waals surface area contributed by atoms with Crippen LogP contribution in [0.3, 0.4) is 0 Å². The van der Waals surface area contributed by atoms with Crippen molar-refractivity contribution >= 4 is 27.5 Å². The second-order valence-electron chi connectivity index (χ2n) is 6.06. The lowest BCUT2D eigenvalue weighted by Crippen LogP contribution is -2.04. The van der Waals surface area contributed by atoms with Gasteiger partial charge in [-0.05, 0) is 25.5 Å². The van der Waals surface area contributed by atoms with Gasteiger partial charge in [0, 0.05) is 11.5 Å². The Bertz CT molecular complexity index is 1060. The van der Waals surface area contributed by atoms with Crippen LogP contribution in [0.2, 0.25) is 0 Å². The van der Waals surface area contributed by atoms with Gasteiger partial charge in [-0.15, -0.1) is 11.3 Å². The highest BCUT2D eigenvalue weighted by atomic mass is 32.1. The summed E-state index contributed by atoms with van der Waals surface area (Å²) < 4.78 is 12.3. The number of rotatable bonds is 5. The van der Waals surface area contributed by atoms with Crippen molar-refractivity contribution in [1.29, 1.82) is 0 Å². The van der Waals surface area contributed by atoms with Crippen LogP contribution >= 0.6 is 11.3 Å². The van der Waals surface area contributed by atoms with Crippen molar-refractivity contribution in [3.8, 4) is 0 Å². The molecule has 0 bridgehead atoms. The molecule has 0 atom stereocenters. The Morgan fingerprint density at radius 2 is 2.04 bits per heavy atom. The van der Waals surface area contributed by atoms with E-state index in [0.717, 1.165) is 21.5 Å². The molecule has 6 nitrogen and oxygen atoms in total. The molecule has 0 amide bonds. The highest BCUT2D eigenvalue weighted by Crippen LogP contribution is 2.29. The summed E-state index contributed by atoms with van der Waals surface area (Å²) in [6.07, 6.45) is 0. The molecule has 4 aromatic rings. The predicted octanol–water partition coefficient (Wildman–Crippen LogP) is 4.11. The minimum Gasteiger partial charge on any atom is -0.455 e. The molecule has 0 unspecified atom stereocenters. The normalized spacial score (nSPS) is 11.2. The van der Waals surface area contributed by atoms with Gasteiger partial charge in [0.25, 0.3) is 0 Å². The van der Waals surface area contributed by atoms with Crippen LogP contribution in [0.4, 0.5) is 0 Å². The number of benzene rings is 1. The first-order valence-electron chi connectivity index (χ1n) is 8.20. The zero-order valence-electron chi connectivity index (χ0n) is 14.4. The molecule has 0 aliphatic heterocycles. The number of hydrogen-bond donors (Lipinski definition) is 0. The minimum absolute atomic E-state index is 0.0968. The van der Waals surface area contributed by atoms with Gasteiger partial charge in [0.05, 0.1) is 12.2 Å². The van der Waals surface area contributed by atoms with Crippen molar-refractivity contribution in [2.75, 3.05) is 0 Å². The number of aromatic nitrogens is 3. The van der Waals surface area contributed by atoms with E-state index in [0.29, 0.717) is 22.9 Å². The average molecular weight is 367 g/mol. The molecule has 0 spiro atoms. The summed E-state index contributed by atoms with van der Waals surface area (Å²) in [7, 11) is 0. The highest BCUT2D eigenvalue weighted by molar-refractivity contribution is 7.20. The Morgan fingerprint density at radius 3 is 2.77 bits per heavy atom. The number of fused-ring (bicyclic) bond motifs is 1. The fraction of sp³-hybridized carbons (Fsp3) is 0.211. The molecule has 3 heterocycles. The van der Waals surface area contributed by atoms with Crippen LogP contribution in [0.15, 0.2) is 47.0 Å². The number of nitrogens with zero attached hydrogens (tertiary/aromatic N) is 3. The van der Waals surface area contributed by atoms with E-state index in [1.807, 2.05) is 35.9 Å². The largest absolute Gasteiger partial charge is 0.455 e. The van der Waals surface area contributed by atoms with Crippen molar-refractivity contribution < 1.29 is 14.1 Å². The van der Waals surface area contributed by atoms with E-state index in [4.69, 9.17) is 9.26 Å². The second-order valence-corrected chi connectivity index (χ2v) is 7.09. The van der Waals surface area contributed by atoms with Crippen molar-refractivity contribution in [3.05, 3.63) is 70.1 Å². The maximum atomic E-state index is 12.4. The lowest BCUT2D eigenvalue weighted by Gasteiger charge is -2.02. The zero-order valence-corrected chi connectivity index (χ0v) is 15.2. The van der Waals surface area contributed by atoms with Gasteiger partial charge < -0.3 is 9.26 Å². The van der Waals surface area contributed by atoms with Crippen molar-refractivity contribution in [1.82, 2.24) is 14.9 Å². The maximum absolute atomic E-state index is 12.4. The monoisotopic (exact) mass is 367 g/mol. The molecule has 3 aromatic heterocycles. The van der Waals surface area contributed by atoms with Crippen LogP contribution in [-0.4, -0.2) is 20.9 Å². The third-order valence-corrected chi connectivity index (χ3v) is 5.14. The van der Waals surface area contributed by atoms with E-state index < -0.39 is 0 Å². The lowest BCUT2D eigenvalue weighted by molar-refractivity contribution is 0.0470. The fourth-order valence-corrected chi connectivity index (χ4v) is 3.83. The number of aryl methyl sites for hydroxylation is 2. The van der Waals surface area contributed by atoms with E-state index in [2.05, 4.69) is 22.4 Å². The van der Waals surface area contributed by atoms with E-state index >= 15 is 0 Å². The highest BCUT2D eigenvalue weighted by Gasteiger charge is 2.18. The maximum Gasteiger partial charge on any atom is 0.348 e. The summed E-state index contributed by atoms with van der Waals surface area (Å²) in [5.74, 6) is 0.326. The molecule has 0 fully saturated rings. The molecule has 1 aromatic carbocycles.